The zero-order valence-electron chi connectivity index (χ0n) is 13.2. The molecule has 0 fully saturated rings. The van der Waals surface area contributed by atoms with Crippen LogP contribution in [0.25, 0.3) is 0 Å². The summed E-state index contributed by atoms with van der Waals surface area (Å²) in [7, 11) is 0. The average Bonchev–Trinajstić information content (AvgIpc) is 2.52. The van der Waals surface area contributed by atoms with Gasteiger partial charge < -0.3 is 10.1 Å². The molecule has 0 heterocycles. The van der Waals surface area contributed by atoms with Crippen LogP contribution in [0.4, 0.5) is 0 Å². The molecule has 112 valence electrons. The summed E-state index contributed by atoms with van der Waals surface area (Å²) in [6.07, 6.45) is 1.09. The largest absolute Gasteiger partial charge is 0.489 e. The molecule has 1 atom stereocenters. The highest BCUT2D eigenvalue weighted by Gasteiger charge is 2.07. The van der Waals surface area contributed by atoms with E-state index in [1.54, 1.807) is 0 Å². The molecular formula is C19H25NO. The lowest BCUT2D eigenvalue weighted by molar-refractivity contribution is 0.305. The van der Waals surface area contributed by atoms with E-state index in [0.29, 0.717) is 12.6 Å². The Hall–Kier alpha value is -1.80. The van der Waals surface area contributed by atoms with Crippen molar-refractivity contribution in [3.8, 4) is 5.75 Å². The molecule has 1 unspecified atom stereocenters. The zero-order chi connectivity index (χ0) is 15.1. The first kappa shape index (κ1) is 15.6. The summed E-state index contributed by atoms with van der Waals surface area (Å²) >= 11 is 0. The first-order valence-corrected chi connectivity index (χ1v) is 7.75. The van der Waals surface area contributed by atoms with Crippen molar-refractivity contribution in [2.24, 2.45) is 0 Å². The molecule has 1 N–H and O–H groups in total. The van der Waals surface area contributed by atoms with Crippen LogP contribution in [-0.4, -0.2) is 6.54 Å². The predicted molar refractivity (Wildman–Crippen MR) is 88.7 cm³/mol. The molecule has 2 aromatic rings. The molecule has 0 aliphatic rings. The van der Waals surface area contributed by atoms with Crippen LogP contribution in [0.15, 0.2) is 48.5 Å². The second kappa shape index (κ2) is 7.84. The van der Waals surface area contributed by atoms with E-state index in [2.05, 4.69) is 74.6 Å². The van der Waals surface area contributed by atoms with Gasteiger partial charge in [-0.05, 0) is 48.7 Å². The van der Waals surface area contributed by atoms with Crippen molar-refractivity contribution >= 4 is 0 Å². The Kier molecular flexibility index (Phi) is 5.82. The van der Waals surface area contributed by atoms with E-state index >= 15 is 0 Å². The van der Waals surface area contributed by atoms with Crippen molar-refractivity contribution < 1.29 is 4.74 Å². The van der Waals surface area contributed by atoms with Crippen LogP contribution in [0.1, 0.15) is 43.0 Å². The van der Waals surface area contributed by atoms with E-state index < -0.39 is 0 Å². The third-order valence-corrected chi connectivity index (χ3v) is 3.80. The Morgan fingerprint density at radius 3 is 2.33 bits per heavy atom. The summed E-state index contributed by atoms with van der Waals surface area (Å²) in [5, 5.41) is 3.49. The maximum Gasteiger partial charge on any atom is 0.119 e. The third kappa shape index (κ3) is 4.33. The lowest BCUT2D eigenvalue weighted by Gasteiger charge is -2.16. The smallest absolute Gasteiger partial charge is 0.119 e. The molecule has 0 bridgehead atoms. The van der Waals surface area contributed by atoms with Crippen LogP contribution < -0.4 is 10.1 Å². The predicted octanol–water partition coefficient (Wildman–Crippen LogP) is 4.63. The number of rotatable bonds is 7. The van der Waals surface area contributed by atoms with Crippen molar-refractivity contribution in [2.45, 2.75) is 39.8 Å². The minimum absolute atomic E-state index is 0.431. The minimum atomic E-state index is 0.431. The summed E-state index contributed by atoms with van der Waals surface area (Å²) in [6, 6.07) is 17.2. The normalized spacial score (nSPS) is 12.1. The van der Waals surface area contributed by atoms with E-state index in [4.69, 9.17) is 4.74 Å². The summed E-state index contributed by atoms with van der Waals surface area (Å²) < 4.78 is 5.88. The molecule has 0 amide bonds. The summed E-state index contributed by atoms with van der Waals surface area (Å²) in [6.45, 7) is 8.07. The van der Waals surface area contributed by atoms with Gasteiger partial charge in [-0.1, -0.05) is 50.2 Å². The number of hydrogen-bond acceptors (Lipinski definition) is 2. The van der Waals surface area contributed by atoms with Gasteiger partial charge in [0.2, 0.25) is 0 Å². The quantitative estimate of drug-likeness (QED) is 0.799. The molecule has 0 aromatic heterocycles. The van der Waals surface area contributed by atoms with Gasteiger partial charge in [0.25, 0.3) is 0 Å². The van der Waals surface area contributed by atoms with Crippen molar-refractivity contribution in [3.05, 3.63) is 65.2 Å². The van der Waals surface area contributed by atoms with Gasteiger partial charge in [0.1, 0.15) is 12.4 Å². The van der Waals surface area contributed by atoms with Crippen LogP contribution in [-0.2, 0) is 6.61 Å². The lowest BCUT2D eigenvalue weighted by atomic mass is 10.0. The SMILES string of the molecule is CCNC(CC)c1ccc(OCc2ccccc2C)cc1. The molecule has 2 rings (SSSR count). The second-order valence-electron chi connectivity index (χ2n) is 5.30. The molecular weight excluding hydrogens is 258 g/mol. The highest BCUT2D eigenvalue weighted by Crippen LogP contribution is 2.21. The summed E-state index contributed by atoms with van der Waals surface area (Å²) in [4.78, 5) is 0. The fourth-order valence-electron chi connectivity index (χ4n) is 2.47. The maximum absolute atomic E-state index is 5.88. The number of aryl methyl sites for hydroxylation is 1. The molecule has 0 aliphatic carbocycles. The topological polar surface area (TPSA) is 21.3 Å². The highest BCUT2D eigenvalue weighted by atomic mass is 16.5. The fourth-order valence-corrected chi connectivity index (χ4v) is 2.47. The summed E-state index contributed by atoms with van der Waals surface area (Å²) in [5.74, 6) is 0.924. The molecule has 2 heteroatoms. The maximum atomic E-state index is 5.88. The Morgan fingerprint density at radius 2 is 1.71 bits per heavy atom. The molecule has 0 aliphatic heterocycles. The van der Waals surface area contributed by atoms with Crippen LogP contribution >= 0.6 is 0 Å². The molecule has 0 radical (unpaired) electrons. The van der Waals surface area contributed by atoms with Crippen LogP contribution in [0.3, 0.4) is 0 Å². The van der Waals surface area contributed by atoms with E-state index in [1.165, 1.54) is 16.7 Å². The van der Waals surface area contributed by atoms with Crippen LogP contribution in [0.2, 0.25) is 0 Å². The Balaban J connectivity index is 1.98. The van der Waals surface area contributed by atoms with Gasteiger partial charge in [0, 0.05) is 6.04 Å². The van der Waals surface area contributed by atoms with Crippen molar-refractivity contribution in [1.82, 2.24) is 5.32 Å². The first-order chi connectivity index (χ1) is 10.2. The average molecular weight is 283 g/mol. The van der Waals surface area contributed by atoms with Gasteiger partial charge in [-0.25, -0.2) is 0 Å². The number of benzene rings is 2. The zero-order valence-corrected chi connectivity index (χ0v) is 13.2. The van der Waals surface area contributed by atoms with Crippen LogP contribution in [0, 0.1) is 6.92 Å². The van der Waals surface area contributed by atoms with Gasteiger partial charge in [-0.2, -0.15) is 0 Å². The van der Waals surface area contributed by atoms with Crippen molar-refractivity contribution in [3.63, 3.8) is 0 Å². The van der Waals surface area contributed by atoms with Gasteiger partial charge >= 0.3 is 0 Å². The van der Waals surface area contributed by atoms with Gasteiger partial charge in [0.05, 0.1) is 0 Å². The highest BCUT2D eigenvalue weighted by molar-refractivity contribution is 5.30. The van der Waals surface area contributed by atoms with E-state index in [1.807, 2.05) is 0 Å². The van der Waals surface area contributed by atoms with Gasteiger partial charge in [-0.3, -0.25) is 0 Å². The third-order valence-electron chi connectivity index (χ3n) is 3.80. The molecule has 0 saturated carbocycles. The van der Waals surface area contributed by atoms with E-state index in [0.717, 1.165) is 18.7 Å². The molecule has 0 saturated heterocycles. The summed E-state index contributed by atoms with van der Waals surface area (Å²) in [5.41, 5.74) is 3.83. The second-order valence-corrected chi connectivity index (χ2v) is 5.30. The number of nitrogens with one attached hydrogen (secondary N) is 1. The molecule has 2 nitrogen and oxygen atoms in total. The minimum Gasteiger partial charge on any atom is -0.489 e. The van der Waals surface area contributed by atoms with Crippen molar-refractivity contribution in [1.29, 1.82) is 0 Å². The van der Waals surface area contributed by atoms with Crippen LogP contribution in [0.5, 0.6) is 5.75 Å². The monoisotopic (exact) mass is 283 g/mol. The molecule has 0 spiro atoms. The molecule has 2 aromatic carbocycles. The van der Waals surface area contributed by atoms with Gasteiger partial charge in [-0.15, -0.1) is 0 Å². The Labute approximate surface area is 128 Å². The number of ether oxygens (including phenoxy) is 1. The Bertz CT molecular complexity index is 548. The number of hydrogen-bond donors (Lipinski definition) is 1. The van der Waals surface area contributed by atoms with E-state index in [9.17, 15) is 0 Å². The standard InChI is InChI=1S/C19H25NO/c1-4-19(20-5-2)16-10-12-18(13-11-16)21-14-17-9-7-6-8-15(17)3/h6-13,19-20H,4-5,14H2,1-3H3. The van der Waals surface area contributed by atoms with Gasteiger partial charge in [0.15, 0.2) is 0 Å². The first-order valence-electron chi connectivity index (χ1n) is 7.75. The van der Waals surface area contributed by atoms with E-state index in [-0.39, 0.29) is 0 Å². The Morgan fingerprint density at radius 1 is 1.00 bits per heavy atom. The van der Waals surface area contributed by atoms with Crippen molar-refractivity contribution in [2.75, 3.05) is 6.54 Å². The molecule has 21 heavy (non-hydrogen) atoms. The fraction of sp³-hybridized carbons (Fsp3) is 0.368. The lowest BCUT2D eigenvalue weighted by Crippen LogP contribution is -2.19.